The molecule has 1 aromatic heterocycles. The Bertz CT molecular complexity index is 656. The number of halogens is 2. The van der Waals surface area contributed by atoms with E-state index in [1.165, 1.54) is 0 Å². The predicted octanol–water partition coefficient (Wildman–Crippen LogP) is 4.91. The van der Waals surface area contributed by atoms with Crippen LogP contribution in [0.3, 0.4) is 0 Å². The van der Waals surface area contributed by atoms with Gasteiger partial charge in [-0.15, -0.1) is 11.8 Å². The Labute approximate surface area is 148 Å². The minimum atomic E-state index is -0.0581. The summed E-state index contributed by atoms with van der Waals surface area (Å²) in [7, 11) is 0. The van der Waals surface area contributed by atoms with Crippen molar-refractivity contribution in [2.45, 2.75) is 36.8 Å². The van der Waals surface area contributed by atoms with Gasteiger partial charge in [-0.1, -0.05) is 44.5 Å². The summed E-state index contributed by atoms with van der Waals surface area (Å²) in [6, 6.07) is 7.77. The quantitative estimate of drug-likeness (QED) is 0.552. The molecule has 0 aliphatic heterocycles. The molecule has 1 heterocycles. The molecule has 0 fully saturated rings. The first kappa shape index (κ1) is 16.8. The summed E-state index contributed by atoms with van der Waals surface area (Å²) in [5, 5.41) is 0.747. The lowest BCUT2D eigenvalue weighted by molar-refractivity contribution is 0.560. The molecule has 0 saturated heterocycles. The Kier molecular flexibility index (Phi) is 5.38. The lowest BCUT2D eigenvalue weighted by Gasteiger charge is -2.20. The third-order valence-corrected chi connectivity index (χ3v) is 5.40. The maximum absolute atomic E-state index is 6.16. The van der Waals surface area contributed by atoms with Crippen molar-refractivity contribution in [2.75, 3.05) is 5.73 Å². The maximum atomic E-state index is 6.16. The van der Waals surface area contributed by atoms with Gasteiger partial charge in [0.25, 0.3) is 0 Å². The van der Waals surface area contributed by atoms with Gasteiger partial charge in [0.05, 0.1) is 20.0 Å². The number of benzene rings is 1. The molecule has 0 spiro atoms. The van der Waals surface area contributed by atoms with Gasteiger partial charge in [0, 0.05) is 10.3 Å². The van der Waals surface area contributed by atoms with E-state index in [2.05, 4.69) is 53.3 Å². The fourth-order valence-electron chi connectivity index (χ4n) is 1.78. The standard InChI is InChI=1S/C15H17ClIN3S/c1-15(2,3)13-12(17)14(18)20-11(19-13)8-21-10-7-5-4-6-9(10)16/h4-7H,8H2,1-3H3,(H2,18,19,20). The van der Waals surface area contributed by atoms with Gasteiger partial charge in [0.1, 0.15) is 11.6 Å². The van der Waals surface area contributed by atoms with Gasteiger partial charge in [-0.05, 0) is 34.7 Å². The number of hydrogen-bond acceptors (Lipinski definition) is 4. The highest BCUT2D eigenvalue weighted by Gasteiger charge is 2.22. The van der Waals surface area contributed by atoms with E-state index in [1.807, 2.05) is 24.3 Å². The minimum Gasteiger partial charge on any atom is -0.383 e. The van der Waals surface area contributed by atoms with Gasteiger partial charge in [-0.25, -0.2) is 9.97 Å². The largest absolute Gasteiger partial charge is 0.383 e. The van der Waals surface area contributed by atoms with Crippen LogP contribution in [0.2, 0.25) is 5.02 Å². The highest BCUT2D eigenvalue weighted by molar-refractivity contribution is 14.1. The lowest BCUT2D eigenvalue weighted by Crippen LogP contribution is -2.19. The van der Waals surface area contributed by atoms with E-state index in [-0.39, 0.29) is 5.41 Å². The predicted molar refractivity (Wildman–Crippen MR) is 98.9 cm³/mol. The summed E-state index contributed by atoms with van der Waals surface area (Å²) < 4.78 is 0.937. The van der Waals surface area contributed by atoms with E-state index in [0.29, 0.717) is 11.6 Å². The van der Waals surface area contributed by atoms with E-state index in [0.717, 1.165) is 25.0 Å². The molecule has 21 heavy (non-hydrogen) atoms. The number of aromatic nitrogens is 2. The first-order valence-corrected chi connectivity index (χ1v) is 8.93. The molecule has 0 unspecified atom stereocenters. The second-order valence-corrected chi connectivity index (χ2v) is 8.16. The molecule has 112 valence electrons. The summed E-state index contributed by atoms with van der Waals surface area (Å²) in [5.41, 5.74) is 6.96. The van der Waals surface area contributed by atoms with E-state index < -0.39 is 0 Å². The fourth-order valence-corrected chi connectivity index (χ4v) is 3.92. The molecule has 0 atom stereocenters. The number of anilines is 1. The van der Waals surface area contributed by atoms with Crippen molar-refractivity contribution >= 4 is 51.8 Å². The van der Waals surface area contributed by atoms with Gasteiger partial charge in [-0.2, -0.15) is 0 Å². The van der Waals surface area contributed by atoms with E-state index >= 15 is 0 Å². The number of nitrogens with zero attached hydrogens (tertiary/aromatic N) is 2. The highest BCUT2D eigenvalue weighted by Crippen LogP contribution is 2.31. The molecule has 6 heteroatoms. The van der Waals surface area contributed by atoms with Crippen molar-refractivity contribution in [3.63, 3.8) is 0 Å². The zero-order chi connectivity index (χ0) is 15.6. The number of thioether (sulfide) groups is 1. The molecule has 3 nitrogen and oxygen atoms in total. The third kappa shape index (κ3) is 4.23. The van der Waals surface area contributed by atoms with Crippen LogP contribution in [0.1, 0.15) is 32.3 Å². The zero-order valence-corrected chi connectivity index (χ0v) is 15.9. The maximum Gasteiger partial charge on any atom is 0.141 e. The van der Waals surface area contributed by atoms with Crippen molar-refractivity contribution < 1.29 is 0 Å². The average molecular weight is 434 g/mol. The van der Waals surface area contributed by atoms with Crippen LogP contribution < -0.4 is 5.73 Å². The summed E-state index contributed by atoms with van der Waals surface area (Å²) >= 11 is 10.00. The average Bonchev–Trinajstić information content (AvgIpc) is 2.40. The van der Waals surface area contributed by atoms with Crippen molar-refractivity contribution in [1.29, 1.82) is 0 Å². The molecule has 0 bridgehead atoms. The third-order valence-electron chi connectivity index (χ3n) is 2.83. The topological polar surface area (TPSA) is 51.8 Å². The van der Waals surface area contributed by atoms with Crippen LogP contribution in [0, 0.1) is 3.57 Å². The lowest BCUT2D eigenvalue weighted by atomic mass is 9.92. The first-order chi connectivity index (χ1) is 9.79. The molecule has 0 aliphatic rings. The Morgan fingerprint density at radius 1 is 1.24 bits per heavy atom. The van der Waals surface area contributed by atoms with Crippen LogP contribution in [0.15, 0.2) is 29.2 Å². The normalized spacial score (nSPS) is 11.7. The van der Waals surface area contributed by atoms with Crippen molar-refractivity contribution in [3.8, 4) is 0 Å². The van der Waals surface area contributed by atoms with Crippen LogP contribution in [0.5, 0.6) is 0 Å². The monoisotopic (exact) mass is 433 g/mol. The van der Waals surface area contributed by atoms with Crippen molar-refractivity contribution in [1.82, 2.24) is 9.97 Å². The smallest absolute Gasteiger partial charge is 0.141 e. The van der Waals surface area contributed by atoms with Crippen molar-refractivity contribution in [2.24, 2.45) is 0 Å². The molecule has 2 rings (SSSR count). The van der Waals surface area contributed by atoms with Crippen molar-refractivity contribution in [3.05, 3.63) is 44.4 Å². The SMILES string of the molecule is CC(C)(C)c1nc(CSc2ccccc2Cl)nc(N)c1I. The van der Waals surface area contributed by atoms with Gasteiger partial charge in [0.2, 0.25) is 0 Å². The van der Waals surface area contributed by atoms with Crippen LogP contribution >= 0.6 is 46.0 Å². The Morgan fingerprint density at radius 3 is 2.52 bits per heavy atom. The molecule has 2 aromatic rings. The number of nitrogens with two attached hydrogens (primary N) is 1. The number of rotatable bonds is 3. The number of nitrogen functional groups attached to an aromatic ring is 1. The number of hydrogen-bond donors (Lipinski definition) is 1. The molecular formula is C15H17ClIN3S. The second kappa shape index (κ2) is 6.71. The molecular weight excluding hydrogens is 417 g/mol. The minimum absolute atomic E-state index is 0.0581. The van der Waals surface area contributed by atoms with Gasteiger partial charge in [-0.3, -0.25) is 0 Å². The molecule has 1 aromatic carbocycles. The summed E-state index contributed by atoms with van der Waals surface area (Å²) in [4.78, 5) is 10.1. The zero-order valence-electron chi connectivity index (χ0n) is 12.2. The summed E-state index contributed by atoms with van der Waals surface area (Å²) in [5.74, 6) is 1.93. The molecule has 0 aliphatic carbocycles. The second-order valence-electron chi connectivity index (χ2n) is 5.66. The Hall–Kier alpha value is -0.530. The molecule has 0 radical (unpaired) electrons. The van der Waals surface area contributed by atoms with Gasteiger partial charge < -0.3 is 5.73 Å². The first-order valence-electron chi connectivity index (χ1n) is 6.48. The molecule has 0 saturated carbocycles. The van der Waals surface area contributed by atoms with Crippen LogP contribution in [0.25, 0.3) is 0 Å². The van der Waals surface area contributed by atoms with Crippen LogP contribution in [-0.4, -0.2) is 9.97 Å². The van der Waals surface area contributed by atoms with Gasteiger partial charge >= 0.3 is 0 Å². The van der Waals surface area contributed by atoms with Crippen LogP contribution in [0.4, 0.5) is 5.82 Å². The Balaban J connectivity index is 2.26. The van der Waals surface area contributed by atoms with Crippen LogP contribution in [-0.2, 0) is 11.2 Å². The highest BCUT2D eigenvalue weighted by atomic mass is 127. The molecule has 2 N–H and O–H groups in total. The summed E-state index contributed by atoms with van der Waals surface area (Å²) in [6.07, 6.45) is 0. The van der Waals surface area contributed by atoms with E-state index in [4.69, 9.17) is 17.3 Å². The van der Waals surface area contributed by atoms with Gasteiger partial charge in [0.15, 0.2) is 0 Å². The fraction of sp³-hybridized carbons (Fsp3) is 0.333. The van der Waals surface area contributed by atoms with E-state index in [9.17, 15) is 0 Å². The summed E-state index contributed by atoms with van der Waals surface area (Å²) in [6.45, 7) is 6.38. The Morgan fingerprint density at radius 2 is 1.90 bits per heavy atom. The van der Waals surface area contributed by atoms with E-state index in [1.54, 1.807) is 11.8 Å². The molecule has 0 amide bonds.